The molecule has 1 N–H and O–H groups in total. The number of hydrogen-bond acceptors (Lipinski definition) is 9. The second-order valence-electron chi connectivity index (χ2n) is 15.3. The van der Waals surface area contributed by atoms with Gasteiger partial charge in [0.2, 0.25) is 11.8 Å². The van der Waals surface area contributed by atoms with E-state index >= 15 is 0 Å². The number of nitrogens with one attached hydrogen (secondary N) is 1. The molecular formula is C42H43F5N6O5S. The maximum Gasteiger partial charge on any atom is 0.417 e. The Morgan fingerprint density at radius 1 is 0.983 bits per heavy atom. The lowest BCUT2D eigenvalue weighted by molar-refractivity contribution is -0.138. The van der Waals surface area contributed by atoms with Gasteiger partial charge in [-0.3, -0.25) is 43.6 Å². The van der Waals surface area contributed by atoms with Gasteiger partial charge in [0.05, 0.1) is 36.1 Å². The van der Waals surface area contributed by atoms with Gasteiger partial charge in [0.1, 0.15) is 23.7 Å². The van der Waals surface area contributed by atoms with Crippen molar-refractivity contribution in [1.29, 1.82) is 5.26 Å². The van der Waals surface area contributed by atoms with Gasteiger partial charge in [0.15, 0.2) is 10.9 Å². The number of benzene rings is 3. The number of nitriles is 1. The Balaban J connectivity index is 1.02. The third-order valence-electron chi connectivity index (χ3n) is 10.9. The molecule has 17 heteroatoms. The van der Waals surface area contributed by atoms with Gasteiger partial charge in [-0.2, -0.15) is 18.4 Å². The second kappa shape index (κ2) is 17.9. The number of amides is 3. The number of nitrogens with zero attached hydrogens (tertiary/aromatic N) is 5. The monoisotopic (exact) mass is 838 g/mol. The van der Waals surface area contributed by atoms with Crippen LogP contribution in [0, 0.1) is 23.1 Å². The summed E-state index contributed by atoms with van der Waals surface area (Å²) < 4.78 is 75.9. The molecule has 11 nitrogen and oxygen atoms in total. The molecule has 0 spiro atoms. The minimum Gasteiger partial charge on any atom is -0.492 e. The molecule has 6 rings (SSSR count). The van der Waals surface area contributed by atoms with Gasteiger partial charge in [-0.25, -0.2) is 4.39 Å². The van der Waals surface area contributed by atoms with Crippen molar-refractivity contribution in [2.75, 3.05) is 62.3 Å². The van der Waals surface area contributed by atoms with Gasteiger partial charge >= 0.3 is 6.18 Å². The normalized spacial score (nSPS) is 18.9. The van der Waals surface area contributed by atoms with Gasteiger partial charge < -0.3 is 9.64 Å². The number of halogens is 5. The fourth-order valence-electron chi connectivity index (χ4n) is 7.68. The molecule has 0 bridgehead atoms. The molecule has 1 unspecified atom stereocenters. The molecule has 3 heterocycles. The van der Waals surface area contributed by atoms with E-state index in [9.17, 15) is 46.4 Å². The van der Waals surface area contributed by atoms with E-state index in [0.717, 1.165) is 22.6 Å². The molecule has 0 aliphatic carbocycles. The Labute approximate surface area is 343 Å². The summed E-state index contributed by atoms with van der Waals surface area (Å²) in [7, 11) is 0. The van der Waals surface area contributed by atoms with Crippen LogP contribution in [0.4, 0.5) is 33.3 Å². The Kier molecular flexibility index (Phi) is 13.1. The fraction of sp³-hybridized carbons (Fsp3) is 0.429. The van der Waals surface area contributed by atoms with Crippen LogP contribution in [0.1, 0.15) is 54.5 Å². The average Bonchev–Trinajstić information content (AvgIpc) is 3.36. The minimum absolute atomic E-state index is 0.00678. The van der Waals surface area contributed by atoms with Gasteiger partial charge in [-0.05, 0) is 98.1 Å². The highest BCUT2D eigenvalue weighted by Crippen LogP contribution is 2.40. The largest absolute Gasteiger partial charge is 0.492 e. The molecule has 0 saturated carbocycles. The third-order valence-corrected chi connectivity index (χ3v) is 11.2. The maximum absolute atomic E-state index is 14.7. The number of Topliss-reactive ketones (excluding diaryl/α,β-unsaturated/α-hetero) is 1. The van der Waals surface area contributed by atoms with Crippen LogP contribution in [0.15, 0.2) is 54.6 Å². The first-order valence-corrected chi connectivity index (χ1v) is 19.6. The topological polar surface area (TPSA) is 126 Å². The van der Waals surface area contributed by atoms with E-state index in [2.05, 4.69) is 10.2 Å². The fourth-order valence-corrected chi connectivity index (χ4v) is 8.21. The molecule has 3 aliphatic rings. The summed E-state index contributed by atoms with van der Waals surface area (Å²) in [6.45, 7) is 5.94. The highest BCUT2D eigenvalue weighted by atomic mass is 32.1. The highest BCUT2D eigenvalue weighted by molar-refractivity contribution is 7.81. The number of anilines is 2. The Morgan fingerprint density at radius 3 is 2.37 bits per heavy atom. The summed E-state index contributed by atoms with van der Waals surface area (Å²) in [6.07, 6.45) is -3.90. The zero-order valence-corrected chi connectivity index (χ0v) is 33.4. The summed E-state index contributed by atoms with van der Waals surface area (Å²) >= 11 is 5.65. The Morgan fingerprint density at radius 2 is 1.69 bits per heavy atom. The number of carbonyl (C=O) groups is 4. The predicted octanol–water partition coefficient (Wildman–Crippen LogP) is 5.55. The number of ether oxygens (including phenoxy) is 1. The molecule has 3 saturated heterocycles. The van der Waals surface area contributed by atoms with Gasteiger partial charge in [-0.15, -0.1) is 0 Å². The van der Waals surface area contributed by atoms with E-state index in [-0.39, 0.29) is 72.3 Å². The molecule has 3 fully saturated rings. The van der Waals surface area contributed by atoms with E-state index in [0.29, 0.717) is 62.6 Å². The molecule has 59 heavy (non-hydrogen) atoms. The van der Waals surface area contributed by atoms with Crippen molar-refractivity contribution in [2.24, 2.45) is 5.92 Å². The van der Waals surface area contributed by atoms with Crippen LogP contribution < -0.4 is 19.9 Å². The van der Waals surface area contributed by atoms with E-state index in [1.807, 2.05) is 4.90 Å². The summed E-state index contributed by atoms with van der Waals surface area (Å²) in [4.78, 5) is 57.0. The predicted molar refractivity (Wildman–Crippen MR) is 212 cm³/mol. The Hall–Kier alpha value is -5.31. The highest BCUT2D eigenvalue weighted by Gasteiger charge is 2.51. The van der Waals surface area contributed by atoms with Crippen LogP contribution >= 0.6 is 12.2 Å². The van der Waals surface area contributed by atoms with E-state index < -0.39 is 41.2 Å². The molecule has 1 atom stereocenters. The third kappa shape index (κ3) is 9.77. The van der Waals surface area contributed by atoms with Crippen molar-refractivity contribution >= 4 is 52.2 Å². The first kappa shape index (κ1) is 43.3. The molecular weight excluding hydrogens is 796 g/mol. The number of alkyl halides is 4. The second-order valence-corrected chi connectivity index (χ2v) is 15.7. The molecule has 0 aromatic heterocycles. The minimum atomic E-state index is -4.84. The number of aryl methyl sites for hydroxylation is 1. The van der Waals surface area contributed by atoms with E-state index in [4.69, 9.17) is 17.0 Å². The van der Waals surface area contributed by atoms with Crippen molar-refractivity contribution in [3.8, 4) is 11.8 Å². The lowest BCUT2D eigenvalue weighted by Gasteiger charge is -2.34. The number of piperazine rings is 1. The van der Waals surface area contributed by atoms with Crippen LogP contribution in [0.5, 0.6) is 5.75 Å². The van der Waals surface area contributed by atoms with Crippen molar-refractivity contribution in [3.63, 3.8) is 0 Å². The van der Waals surface area contributed by atoms with Crippen molar-refractivity contribution in [1.82, 2.24) is 15.1 Å². The number of imide groups is 1. The van der Waals surface area contributed by atoms with E-state index in [1.54, 1.807) is 44.2 Å². The molecule has 3 amide bonds. The van der Waals surface area contributed by atoms with Gasteiger partial charge in [-0.1, -0.05) is 12.1 Å². The summed E-state index contributed by atoms with van der Waals surface area (Å²) in [5.41, 5.74) is -1.32. The van der Waals surface area contributed by atoms with Crippen molar-refractivity contribution in [2.45, 2.75) is 57.7 Å². The van der Waals surface area contributed by atoms with Crippen LogP contribution in [-0.2, 0) is 44.6 Å². The van der Waals surface area contributed by atoms with Gasteiger partial charge in [0.25, 0.3) is 5.91 Å². The molecule has 3 aliphatic heterocycles. The standard InChI is InChI=1S/C42H43F5N6O5S/c1-41(2)39(57)52(31-6-4-29(24-48)34(23-31)42(45,46)47)40(59)53(41)32-7-9-36(27(21-32)11-12-43)58-18-17-50-13-15-51(16-14-50)25-33(54)22-30-20-26(3-8-35(30)44)19-28-5-10-37(55)49-38(28)56/h3-4,6-9,20-21,23,28H,5,10-19,22,25H2,1-2H3,(H,49,55,56). The Bertz CT molecular complexity index is 2180. The summed E-state index contributed by atoms with van der Waals surface area (Å²) in [6, 6.07) is 14.0. The summed E-state index contributed by atoms with van der Waals surface area (Å²) in [5.74, 6) is -1.81. The first-order valence-electron chi connectivity index (χ1n) is 19.2. The zero-order chi connectivity index (χ0) is 42.6. The molecule has 3 aromatic rings. The number of carbonyl (C=O) groups excluding carboxylic acids is 4. The molecule has 0 radical (unpaired) electrons. The van der Waals surface area contributed by atoms with Gasteiger partial charge in [0, 0.05) is 63.6 Å². The number of ketones is 1. The van der Waals surface area contributed by atoms with Crippen molar-refractivity contribution in [3.05, 3.63) is 88.2 Å². The number of hydrogen-bond donors (Lipinski definition) is 1. The van der Waals surface area contributed by atoms with Crippen molar-refractivity contribution < 1.29 is 45.9 Å². The average molecular weight is 839 g/mol. The smallest absolute Gasteiger partial charge is 0.417 e. The first-order chi connectivity index (χ1) is 28.0. The lowest BCUT2D eigenvalue weighted by atomic mass is 9.90. The maximum atomic E-state index is 14.7. The number of rotatable bonds is 14. The SMILES string of the molecule is CC1(C)C(=O)N(c2ccc(C#N)c(C(F)(F)F)c2)C(=S)N1c1ccc(OCCN2CCN(CC(=O)Cc3cc(CC4CCC(=O)NC4=O)ccc3F)CC2)c(CCF)c1. The molecule has 312 valence electrons. The number of thiocarbonyl (C=S) groups is 1. The van der Waals surface area contributed by atoms with E-state index in [1.165, 1.54) is 23.1 Å². The molecule has 3 aromatic carbocycles. The van der Waals surface area contributed by atoms with Crippen LogP contribution in [0.2, 0.25) is 0 Å². The number of piperidine rings is 1. The summed E-state index contributed by atoms with van der Waals surface area (Å²) in [5, 5.41) is 11.5. The lowest BCUT2D eigenvalue weighted by Crippen LogP contribution is -2.49. The van der Waals surface area contributed by atoms with Crippen LogP contribution in [-0.4, -0.2) is 96.5 Å². The van der Waals surface area contributed by atoms with Crippen LogP contribution in [0.3, 0.4) is 0 Å². The quantitative estimate of drug-likeness (QED) is 0.126. The zero-order valence-electron chi connectivity index (χ0n) is 32.5. The van der Waals surface area contributed by atoms with Crippen LogP contribution in [0.25, 0.3) is 0 Å².